The lowest BCUT2D eigenvalue weighted by atomic mass is 9.71. The normalized spacial score (nSPS) is 20.5. The van der Waals surface area contributed by atoms with Crippen LogP contribution >= 0.6 is 0 Å². The minimum absolute atomic E-state index is 0.0464. The molecule has 2 aromatic rings. The minimum atomic E-state index is -0.155. The van der Waals surface area contributed by atoms with Crippen LogP contribution in [0.1, 0.15) is 49.4 Å². The third kappa shape index (κ3) is 5.31. The Morgan fingerprint density at radius 2 is 1.70 bits per heavy atom. The van der Waals surface area contributed by atoms with Gasteiger partial charge in [0.2, 0.25) is 0 Å². The van der Waals surface area contributed by atoms with E-state index in [1.165, 1.54) is 22.3 Å². The van der Waals surface area contributed by atoms with Crippen LogP contribution in [0.4, 0.5) is 0 Å². The molecule has 172 valence electrons. The van der Waals surface area contributed by atoms with Crippen LogP contribution in [0.3, 0.4) is 0 Å². The summed E-state index contributed by atoms with van der Waals surface area (Å²) >= 11 is 0. The number of nitrogens with one attached hydrogen (secondary N) is 1. The first kappa shape index (κ1) is 23.1. The SMILES string of the molecule is C=C(NC(C)c1ccc(C)cc1)C1(c2ccc(OC3C=CC=CC=C3C)cc2)CCOCC1. The average molecular weight is 442 g/mol. The minimum Gasteiger partial charge on any atom is -0.482 e. The van der Waals surface area contributed by atoms with Gasteiger partial charge in [0.05, 0.1) is 0 Å². The molecule has 1 N–H and O–H groups in total. The molecule has 1 saturated heterocycles. The molecule has 2 aliphatic rings. The van der Waals surface area contributed by atoms with E-state index in [4.69, 9.17) is 9.47 Å². The van der Waals surface area contributed by atoms with Gasteiger partial charge in [-0.1, -0.05) is 72.8 Å². The maximum atomic E-state index is 6.26. The highest BCUT2D eigenvalue weighted by atomic mass is 16.5. The first-order valence-electron chi connectivity index (χ1n) is 11.9. The van der Waals surface area contributed by atoms with Gasteiger partial charge in [0, 0.05) is 30.4 Å². The van der Waals surface area contributed by atoms with Crippen LogP contribution in [0.2, 0.25) is 0 Å². The summed E-state index contributed by atoms with van der Waals surface area (Å²) in [5.41, 5.74) is 5.89. The van der Waals surface area contributed by atoms with Gasteiger partial charge in [0.1, 0.15) is 11.9 Å². The van der Waals surface area contributed by atoms with Gasteiger partial charge in [-0.25, -0.2) is 0 Å². The third-order valence-electron chi connectivity index (χ3n) is 6.88. The number of rotatable bonds is 7. The zero-order chi connectivity index (χ0) is 23.3. The van der Waals surface area contributed by atoms with Gasteiger partial charge in [0.15, 0.2) is 0 Å². The third-order valence-corrected chi connectivity index (χ3v) is 6.88. The number of hydrogen-bond acceptors (Lipinski definition) is 3. The zero-order valence-electron chi connectivity index (χ0n) is 20.0. The van der Waals surface area contributed by atoms with Crippen LogP contribution in [-0.2, 0) is 10.2 Å². The van der Waals surface area contributed by atoms with E-state index in [2.05, 4.69) is 93.3 Å². The summed E-state index contributed by atoms with van der Waals surface area (Å²) in [5.74, 6) is 0.872. The molecule has 1 aliphatic carbocycles. The molecule has 1 heterocycles. The Balaban J connectivity index is 1.52. The van der Waals surface area contributed by atoms with Crippen molar-refractivity contribution in [2.75, 3.05) is 13.2 Å². The summed E-state index contributed by atoms with van der Waals surface area (Å²) in [7, 11) is 0. The topological polar surface area (TPSA) is 30.5 Å². The van der Waals surface area contributed by atoms with Gasteiger partial charge >= 0.3 is 0 Å². The lowest BCUT2D eigenvalue weighted by molar-refractivity contribution is 0.0594. The molecule has 3 nitrogen and oxygen atoms in total. The molecule has 0 radical (unpaired) electrons. The standard InChI is InChI=1S/C30H35NO2/c1-22-10-12-26(13-11-22)24(3)31-25(4)30(18-20-32-21-19-30)27-14-16-28(17-15-27)33-29-9-7-5-6-8-23(29)2/h5-17,24,29,31H,4,18-21H2,1-3H3. The lowest BCUT2D eigenvalue weighted by Gasteiger charge is -2.41. The van der Waals surface area contributed by atoms with Crippen LogP contribution in [0, 0.1) is 6.92 Å². The second-order valence-corrected chi connectivity index (χ2v) is 9.19. The van der Waals surface area contributed by atoms with E-state index < -0.39 is 0 Å². The van der Waals surface area contributed by atoms with E-state index in [0.717, 1.165) is 37.5 Å². The van der Waals surface area contributed by atoms with E-state index in [0.29, 0.717) is 0 Å². The summed E-state index contributed by atoms with van der Waals surface area (Å²) in [4.78, 5) is 0. The number of hydrogen-bond donors (Lipinski definition) is 1. The molecule has 2 aromatic carbocycles. The van der Waals surface area contributed by atoms with Crippen LogP contribution in [-0.4, -0.2) is 19.3 Å². The second-order valence-electron chi connectivity index (χ2n) is 9.19. The zero-order valence-corrected chi connectivity index (χ0v) is 20.0. The lowest BCUT2D eigenvalue weighted by Crippen LogP contribution is -2.41. The number of benzene rings is 2. The van der Waals surface area contributed by atoms with Gasteiger partial charge < -0.3 is 14.8 Å². The monoisotopic (exact) mass is 441 g/mol. The predicted molar refractivity (Wildman–Crippen MR) is 136 cm³/mol. The van der Waals surface area contributed by atoms with E-state index in [1.807, 2.05) is 18.2 Å². The Kier molecular flexibility index (Phi) is 7.20. The highest BCUT2D eigenvalue weighted by molar-refractivity contribution is 5.40. The fraction of sp³-hybridized carbons (Fsp3) is 0.333. The molecule has 0 amide bonds. The molecular weight excluding hydrogens is 406 g/mol. The van der Waals surface area contributed by atoms with Crippen molar-refractivity contribution in [1.82, 2.24) is 5.32 Å². The molecule has 2 unspecified atom stereocenters. The van der Waals surface area contributed by atoms with Crippen LogP contribution in [0.5, 0.6) is 5.75 Å². The largest absolute Gasteiger partial charge is 0.482 e. The van der Waals surface area contributed by atoms with Gasteiger partial charge in [0.25, 0.3) is 0 Å². The Morgan fingerprint density at radius 3 is 2.39 bits per heavy atom. The van der Waals surface area contributed by atoms with Crippen molar-refractivity contribution >= 4 is 0 Å². The molecular formula is C30H35NO2. The Morgan fingerprint density at radius 1 is 1.00 bits per heavy atom. The van der Waals surface area contributed by atoms with Crippen molar-refractivity contribution in [3.05, 3.63) is 113 Å². The first-order valence-corrected chi connectivity index (χ1v) is 11.9. The molecule has 3 heteroatoms. The molecule has 0 bridgehead atoms. The number of aryl methyl sites for hydroxylation is 1. The maximum Gasteiger partial charge on any atom is 0.138 e. The Hall–Kier alpha value is -3.04. The number of ether oxygens (including phenoxy) is 2. The smallest absolute Gasteiger partial charge is 0.138 e. The maximum absolute atomic E-state index is 6.26. The molecule has 2 atom stereocenters. The van der Waals surface area contributed by atoms with Crippen molar-refractivity contribution in [2.45, 2.75) is 51.2 Å². The summed E-state index contributed by atoms with van der Waals surface area (Å²) in [6.45, 7) is 12.4. The van der Waals surface area contributed by atoms with E-state index in [9.17, 15) is 0 Å². The Bertz CT molecular complexity index is 1040. The average Bonchev–Trinajstić information content (AvgIpc) is 3.04. The van der Waals surface area contributed by atoms with Crippen molar-refractivity contribution in [1.29, 1.82) is 0 Å². The van der Waals surface area contributed by atoms with Gasteiger partial charge in [-0.2, -0.15) is 0 Å². The summed E-state index contributed by atoms with van der Waals surface area (Å²) in [6.07, 6.45) is 12.1. The fourth-order valence-electron chi connectivity index (χ4n) is 4.64. The van der Waals surface area contributed by atoms with Gasteiger partial charge in [-0.3, -0.25) is 0 Å². The molecule has 4 rings (SSSR count). The van der Waals surface area contributed by atoms with Crippen molar-refractivity contribution in [2.24, 2.45) is 0 Å². The highest BCUT2D eigenvalue weighted by Gasteiger charge is 2.38. The van der Waals surface area contributed by atoms with E-state index in [-0.39, 0.29) is 17.6 Å². The highest BCUT2D eigenvalue weighted by Crippen LogP contribution is 2.41. The molecule has 0 saturated carbocycles. The summed E-state index contributed by atoms with van der Waals surface area (Å²) in [6, 6.07) is 17.5. The molecule has 33 heavy (non-hydrogen) atoms. The van der Waals surface area contributed by atoms with Crippen molar-refractivity contribution in [3.63, 3.8) is 0 Å². The first-order chi connectivity index (χ1) is 16.0. The van der Waals surface area contributed by atoms with E-state index >= 15 is 0 Å². The number of allylic oxidation sites excluding steroid dienone is 5. The summed E-state index contributed by atoms with van der Waals surface area (Å²) in [5, 5.41) is 3.71. The second kappa shape index (κ2) is 10.3. The molecule has 0 spiro atoms. The molecule has 1 fully saturated rings. The van der Waals surface area contributed by atoms with Crippen LogP contribution in [0.25, 0.3) is 0 Å². The predicted octanol–water partition coefficient (Wildman–Crippen LogP) is 6.73. The van der Waals surface area contributed by atoms with Gasteiger partial charge in [-0.05, 0) is 68.5 Å². The van der Waals surface area contributed by atoms with E-state index in [1.54, 1.807) is 0 Å². The fourth-order valence-corrected chi connectivity index (χ4v) is 4.64. The quantitative estimate of drug-likeness (QED) is 0.517. The van der Waals surface area contributed by atoms with Crippen molar-refractivity contribution in [3.8, 4) is 5.75 Å². The molecule has 1 aliphatic heterocycles. The van der Waals surface area contributed by atoms with Crippen LogP contribution < -0.4 is 10.1 Å². The Labute approximate surface area is 198 Å². The van der Waals surface area contributed by atoms with Crippen LogP contribution in [0.15, 0.2) is 96.8 Å². The van der Waals surface area contributed by atoms with Crippen molar-refractivity contribution < 1.29 is 9.47 Å². The van der Waals surface area contributed by atoms with Gasteiger partial charge in [-0.15, -0.1) is 0 Å². The molecule has 0 aromatic heterocycles. The summed E-state index contributed by atoms with van der Waals surface area (Å²) < 4.78 is 12.0.